The smallest absolute Gasteiger partial charge is 0.328 e. The van der Waals surface area contributed by atoms with Gasteiger partial charge < -0.3 is 24.3 Å². The number of nitrogens with zero attached hydrogens (tertiary/aromatic N) is 1. The Kier molecular flexibility index (Phi) is 10.3. The van der Waals surface area contributed by atoms with Gasteiger partial charge in [-0.25, -0.2) is 9.78 Å². The van der Waals surface area contributed by atoms with Crippen LogP contribution in [-0.4, -0.2) is 48.9 Å². The van der Waals surface area contributed by atoms with Gasteiger partial charge in [0.25, 0.3) is 5.91 Å². The average molecular weight is 501 g/mol. The Balaban J connectivity index is 2.14. The molecule has 0 radical (unpaired) electrons. The lowest BCUT2D eigenvalue weighted by atomic mass is 9.82. The minimum atomic E-state index is -0.957. The van der Waals surface area contributed by atoms with Crippen molar-refractivity contribution in [3.8, 4) is 11.5 Å². The zero-order chi connectivity index (χ0) is 27.0. The summed E-state index contributed by atoms with van der Waals surface area (Å²) in [5, 5.41) is 2.60. The van der Waals surface area contributed by atoms with Crippen molar-refractivity contribution >= 4 is 17.8 Å². The number of ether oxygens (including phenoxy) is 4. The largest absolute Gasteiger partial charge is 0.493 e. The molecule has 1 aromatic carbocycles. The van der Waals surface area contributed by atoms with Crippen molar-refractivity contribution in [3.05, 3.63) is 52.8 Å². The monoisotopic (exact) mass is 500 g/mol. The summed E-state index contributed by atoms with van der Waals surface area (Å²) in [5.74, 6) is -1.37. The minimum absolute atomic E-state index is 0.0117. The second-order valence-electron chi connectivity index (χ2n) is 9.06. The molecule has 0 spiro atoms. The van der Waals surface area contributed by atoms with Crippen molar-refractivity contribution in [1.82, 2.24) is 10.3 Å². The first-order valence-electron chi connectivity index (χ1n) is 11.8. The standard InChI is InChI=1S/C27H36N2O7/c1-15(2)23(21-10-9-16(3)13-17(21)4)19(6)36-27(32)18(5)29-26(31)24-25(35-14-34-20(7)30)22(33-8)11-12-28-24/h9-13,15,18-19,23H,14H2,1-8H3,(H,29,31)/t18-,19-,23-/m0/s1. The molecule has 0 aliphatic heterocycles. The quantitative estimate of drug-likeness (QED) is 0.363. The normalized spacial score (nSPS) is 13.4. The number of rotatable bonds is 11. The van der Waals surface area contributed by atoms with Crippen LogP contribution in [0.5, 0.6) is 11.5 Å². The number of esters is 2. The van der Waals surface area contributed by atoms with E-state index < -0.39 is 36.8 Å². The van der Waals surface area contributed by atoms with Crippen LogP contribution in [0.25, 0.3) is 0 Å². The van der Waals surface area contributed by atoms with Gasteiger partial charge in [0.2, 0.25) is 6.79 Å². The Hall–Kier alpha value is -3.62. The number of nitrogens with one attached hydrogen (secondary N) is 1. The van der Waals surface area contributed by atoms with Crippen molar-refractivity contribution < 1.29 is 33.3 Å². The SMILES string of the molecule is COc1ccnc(C(=O)N[C@@H](C)C(=O)O[C@@H](C)[C@@H](c2ccc(C)cc2C)C(C)C)c1OCOC(C)=O. The highest BCUT2D eigenvalue weighted by molar-refractivity contribution is 5.98. The Morgan fingerprint density at radius 3 is 2.33 bits per heavy atom. The summed E-state index contributed by atoms with van der Waals surface area (Å²) in [7, 11) is 1.40. The van der Waals surface area contributed by atoms with Crippen molar-refractivity contribution in [2.45, 2.75) is 66.5 Å². The molecule has 0 aliphatic carbocycles. The summed E-state index contributed by atoms with van der Waals surface area (Å²) in [6, 6.07) is 6.79. The van der Waals surface area contributed by atoms with Gasteiger partial charge in [0.05, 0.1) is 7.11 Å². The number of aryl methyl sites for hydroxylation is 2. The number of carbonyl (C=O) groups is 3. The summed E-state index contributed by atoms with van der Waals surface area (Å²) in [6.07, 6.45) is 0.949. The van der Waals surface area contributed by atoms with E-state index >= 15 is 0 Å². The number of methoxy groups -OCH3 is 1. The summed E-state index contributed by atoms with van der Waals surface area (Å²) in [6.45, 7) is 12.5. The maximum absolute atomic E-state index is 12.9. The molecule has 0 aliphatic rings. The lowest BCUT2D eigenvalue weighted by molar-refractivity contribution is -0.152. The fourth-order valence-corrected chi connectivity index (χ4v) is 4.10. The average Bonchev–Trinajstić information content (AvgIpc) is 2.80. The van der Waals surface area contributed by atoms with Gasteiger partial charge >= 0.3 is 11.9 Å². The van der Waals surface area contributed by atoms with Crippen molar-refractivity contribution in [3.63, 3.8) is 0 Å². The van der Waals surface area contributed by atoms with Crippen LogP contribution >= 0.6 is 0 Å². The van der Waals surface area contributed by atoms with Crippen molar-refractivity contribution in [2.75, 3.05) is 13.9 Å². The predicted molar refractivity (Wildman–Crippen MR) is 134 cm³/mol. The van der Waals surface area contributed by atoms with Gasteiger partial charge in [0.15, 0.2) is 17.2 Å². The first kappa shape index (κ1) is 28.6. The van der Waals surface area contributed by atoms with E-state index in [1.807, 2.05) is 13.8 Å². The van der Waals surface area contributed by atoms with Crippen LogP contribution in [-0.2, 0) is 19.1 Å². The van der Waals surface area contributed by atoms with Crippen LogP contribution in [0.4, 0.5) is 0 Å². The van der Waals surface area contributed by atoms with Crippen molar-refractivity contribution in [1.29, 1.82) is 0 Å². The third-order valence-corrected chi connectivity index (χ3v) is 5.78. The molecule has 9 nitrogen and oxygen atoms in total. The molecule has 1 aromatic heterocycles. The lowest BCUT2D eigenvalue weighted by Crippen LogP contribution is -2.42. The molecule has 9 heteroatoms. The van der Waals surface area contributed by atoms with E-state index in [2.05, 4.69) is 49.3 Å². The summed E-state index contributed by atoms with van der Waals surface area (Å²) >= 11 is 0. The molecule has 0 fully saturated rings. The molecule has 0 saturated heterocycles. The van der Waals surface area contributed by atoms with Crippen molar-refractivity contribution in [2.24, 2.45) is 5.92 Å². The van der Waals surface area contributed by atoms with Gasteiger partial charge in [-0.2, -0.15) is 0 Å². The first-order chi connectivity index (χ1) is 17.0. The molecule has 3 atom stereocenters. The summed E-state index contributed by atoms with van der Waals surface area (Å²) in [5.41, 5.74) is 3.32. The second kappa shape index (κ2) is 12.9. The number of aromatic nitrogens is 1. The molecule has 1 heterocycles. The van der Waals surface area contributed by atoms with Gasteiger partial charge in [-0.05, 0) is 44.7 Å². The molecular formula is C27H36N2O7. The van der Waals surface area contributed by atoms with Gasteiger partial charge in [0, 0.05) is 25.1 Å². The molecule has 2 rings (SSSR count). The first-order valence-corrected chi connectivity index (χ1v) is 11.8. The van der Waals surface area contributed by atoms with Crippen LogP contribution in [0.1, 0.15) is 67.7 Å². The van der Waals surface area contributed by atoms with E-state index in [9.17, 15) is 14.4 Å². The van der Waals surface area contributed by atoms with Gasteiger partial charge in [-0.3, -0.25) is 9.59 Å². The zero-order valence-corrected chi connectivity index (χ0v) is 22.2. The third-order valence-electron chi connectivity index (χ3n) is 5.78. The summed E-state index contributed by atoms with van der Waals surface area (Å²) in [4.78, 5) is 41.0. The van der Waals surface area contributed by atoms with Crippen LogP contribution in [0.2, 0.25) is 0 Å². The van der Waals surface area contributed by atoms with E-state index in [1.165, 1.54) is 38.8 Å². The molecule has 36 heavy (non-hydrogen) atoms. The number of benzene rings is 1. The van der Waals surface area contributed by atoms with Gasteiger partial charge in [-0.15, -0.1) is 0 Å². The molecule has 2 aromatic rings. The Morgan fingerprint density at radius 1 is 1.06 bits per heavy atom. The van der Waals surface area contributed by atoms with E-state index in [0.717, 1.165) is 11.1 Å². The number of pyridine rings is 1. The van der Waals surface area contributed by atoms with E-state index in [-0.39, 0.29) is 29.0 Å². The van der Waals surface area contributed by atoms with Crippen LogP contribution in [0.15, 0.2) is 30.5 Å². The van der Waals surface area contributed by atoms with Gasteiger partial charge in [0.1, 0.15) is 12.1 Å². The summed E-state index contributed by atoms with van der Waals surface area (Å²) < 4.78 is 21.2. The van der Waals surface area contributed by atoms with Gasteiger partial charge in [-0.1, -0.05) is 37.6 Å². The molecule has 0 saturated carbocycles. The molecule has 0 unspecified atom stereocenters. The number of hydrogen-bond acceptors (Lipinski definition) is 8. The Bertz CT molecular complexity index is 1080. The Labute approximate surface area is 212 Å². The molecule has 0 bridgehead atoms. The van der Waals surface area contributed by atoms with Crippen LogP contribution < -0.4 is 14.8 Å². The minimum Gasteiger partial charge on any atom is -0.493 e. The number of hydrogen-bond donors (Lipinski definition) is 1. The van der Waals surface area contributed by atoms with Crippen LogP contribution in [0, 0.1) is 19.8 Å². The highest BCUT2D eigenvalue weighted by Crippen LogP contribution is 2.33. The highest BCUT2D eigenvalue weighted by Gasteiger charge is 2.30. The van der Waals surface area contributed by atoms with E-state index in [0.29, 0.717) is 0 Å². The third kappa shape index (κ3) is 7.44. The molecular weight excluding hydrogens is 464 g/mol. The maximum Gasteiger partial charge on any atom is 0.328 e. The zero-order valence-electron chi connectivity index (χ0n) is 22.2. The topological polar surface area (TPSA) is 113 Å². The molecule has 196 valence electrons. The maximum atomic E-state index is 12.9. The predicted octanol–water partition coefficient (Wildman–Crippen LogP) is 4.10. The lowest BCUT2D eigenvalue weighted by Gasteiger charge is -2.30. The number of carbonyl (C=O) groups excluding carboxylic acids is 3. The second-order valence-corrected chi connectivity index (χ2v) is 9.06. The highest BCUT2D eigenvalue weighted by atomic mass is 16.7. The molecule has 1 N–H and O–H groups in total. The van der Waals surface area contributed by atoms with Crippen LogP contribution in [0.3, 0.4) is 0 Å². The Morgan fingerprint density at radius 2 is 1.75 bits per heavy atom. The van der Waals surface area contributed by atoms with E-state index in [4.69, 9.17) is 18.9 Å². The fraction of sp³-hybridized carbons (Fsp3) is 0.481. The van der Waals surface area contributed by atoms with E-state index in [1.54, 1.807) is 0 Å². The fourth-order valence-electron chi connectivity index (χ4n) is 4.10. The molecule has 1 amide bonds. The number of amides is 1.